The van der Waals surface area contributed by atoms with Gasteiger partial charge in [-0.15, -0.1) is 11.3 Å². The first-order valence-electron chi connectivity index (χ1n) is 5.03. The fourth-order valence-electron chi connectivity index (χ4n) is 1.62. The van der Waals surface area contributed by atoms with Crippen LogP contribution < -0.4 is 5.73 Å². The van der Waals surface area contributed by atoms with Crippen molar-refractivity contribution in [3.05, 3.63) is 45.7 Å². The van der Waals surface area contributed by atoms with Crippen molar-refractivity contribution in [2.24, 2.45) is 0 Å². The number of nitrogen functional groups attached to an aromatic ring is 1. The molecule has 16 heavy (non-hydrogen) atoms. The molecule has 0 unspecified atom stereocenters. The molecule has 2 rings (SSSR count). The summed E-state index contributed by atoms with van der Waals surface area (Å²) >= 11 is 1.47. The number of rotatable bonds is 2. The lowest BCUT2D eigenvalue weighted by atomic mass is 10.0. The minimum Gasteiger partial charge on any atom is -0.375 e. The number of anilines is 1. The van der Waals surface area contributed by atoms with Gasteiger partial charge in [0.2, 0.25) is 0 Å². The van der Waals surface area contributed by atoms with E-state index in [2.05, 4.69) is 4.98 Å². The molecular formula is C12H13FN2S. The van der Waals surface area contributed by atoms with Gasteiger partial charge in [0.25, 0.3) is 0 Å². The lowest BCUT2D eigenvalue weighted by Crippen LogP contribution is -1.92. The predicted molar refractivity (Wildman–Crippen MR) is 65.2 cm³/mol. The monoisotopic (exact) mass is 236 g/mol. The van der Waals surface area contributed by atoms with Crippen LogP contribution in [0, 0.1) is 19.7 Å². The van der Waals surface area contributed by atoms with Crippen molar-refractivity contribution >= 4 is 16.5 Å². The smallest absolute Gasteiger partial charge is 0.180 e. The maximum atomic E-state index is 13.1. The van der Waals surface area contributed by atoms with Gasteiger partial charge in [-0.2, -0.15) is 0 Å². The van der Waals surface area contributed by atoms with Gasteiger partial charge in [-0.05, 0) is 37.1 Å². The number of thiazole rings is 1. The van der Waals surface area contributed by atoms with Gasteiger partial charge >= 0.3 is 0 Å². The third-order valence-electron chi connectivity index (χ3n) is 2.57. The van der Waals surface area contributed by atoms with Crippen molar-refractivity contribution in [3.8, 4) is 0 Å². The molecule has 0 aliphatic carbocycles. The molecule has 1 aromatic heterocycles. The molecule has 0 bridgehead atoms. The van der Waals surface area contributed by atoms with Crippen LogP contribution in [0.5, 0.6) is 0 Å². The third-order valence-corrected chi connectivity index (χ3v) is 3.56. The molecule has 2 N–H and O–H groups in total. The standard InChI is InChI=1S/C12H13FN2S/c1-7-3-4-10(13)5-9(7)6-11-8(2)15-12(14)16-11/h3-5H,6H2,1-2H3,(H2,14,15). The summed E-state index contributed by atoms with van der Waals surface area (Å²) in [6.07, 6.45) is 0.699. The average molecular weight is 236 g/mol. The van der Waals surface area contributed by atoms with Gasteiger partial charge < -0.3 is 5.73 Å². The van der Waals surface area contributed by atoms with Crippen molar-refractivity contribution in [3.63, 3.8) is 0 Å². The van der Waals surface area contributed by atoms with Crippen LogP contribution in [0.2, 0.25) is 0 Å². The zero-order valence-electron chi connectivity index (χ0n) is 9.25. The zero-order valence-corrected chi connectivity index (χ0v) is 10.1. The topological polar surface area (TPSA) is 38.9 Å². The van der Waals surface area contributed by atoms with Crippen LogP contribution in [0.25, 0.3) is 0 Å². The van der Waals surface area contributed by atoms with E-state index in [4.69, 9.17) is 5.73 Å². The summed E-state index contributed by atoms with van der Waals surface area (Å²) in [6, 6.07) is 4.85. The van der Waals surface area contributed by atoms with Gasteiger partial charge in [0.05, 0.1) is 5.69 Å². The average Bonchev–Trinajstić information content (AvgIpc) is 2.51. The highest BCUT2D eigenvalue weighted by atomic mass is 32.1. The lowest BCUT2D eigenvalue weighted by Gasteiger charge is -2.04. The van der Waals surface area contributed by atoms with Crippen molar-refractivity contribution in [2.75, 3.05) is 5.73 Å². The van der Waals surface area contributed by atoms with E-state index in [0.717, 1.165) is 21.7 Å². The molecule has 2 aromatic rings. The summed E-state index contributed by atoms with van der Waals surface area (Å²) in [4.78, 5) is 5.26. The molecule has 0 saturated heterocycles. The molecule has 0 saturated carbocycles. The van der Waals surface area contributed by atoms with Crippen molar-refractivity contribution in [2.45, 2.75) is 20.3 Å². The minimum absolute atomic E-state index is 0.198. The number of hydrogen-bond donors (Lipinski definition) is 1. The Kier molecular flexibility index (Phi) is 2.92. The fourth-order valence-corrected chi connectivity index (χ4v) is 2.47. The molecule has 0 radical (unpaired) electrons. The van der Waals surface area contributed by atoms with Gasteiger partial charge in [0.1, 0.15) is 5.82 Å². The predicted octanol–water partition coefficient (Wildman–Crippen LogP) is 3.07. The normalized spacial score (nSPS) is 10.7. The number of nitrogens with zero attached hydrogens (tertiary/aromatic N) is 1. The molecule has 0 fully saturated rings. The van der Waals surface area contributed by atoms with E-state index in [0.29, 0.717) is 11.6 Å². The first kappa shape index (κ1) is 11.1. The van der Waals surface area contributed by atoms with Gasteiger partial charge in [-0.3, -0.25) is 0 Å². The number of aromatic nitrogens is 1. The number of hydrogen-bond acceptors (Lipinski definition) is 3. The van der Waals surface area contributed by atoms with E-state index in [-0.39, 0.29) is 5.82 Å². The van der Waals surface area contributed by atoms with E-state index in [1.807, 2.05) is 13.8 Å². The molecule has 1 aromatic carbocycles. The minimum atomic E-state index is -0.198. The Morgan fingerprint density at radius 1 is 1.38 bits per heavy atom. The summed E-state index contributed by atoms with van der Waals surface area (Å²) in [5, 5.41) is 0.571. The van der Waals surface area contributed by atoms with Gasteiger partial charge in [0.15, 0.2) is 5.13 Å². The molecule has 0 atom stereocenters. The van der Waals surface area contributed by atoms with Crippen LogP contribution in [0.3, 0.4) is 0 Å². The van der Waals surface area contributed by atoms with Crippen LogP contribution in [0.1, 0.15) is 21.7 Å². The second-order valence-corrected chi connectivity index (χ2v) is 4.92. The van der Waals surface area contributed by atoms with Crippen LogP contribution in [-0.2, 0) is 6.42 Å². The van der Waals surface area contributed by atoms with Crippen LogP contribution in [-0.4, -0.2) is 4.98 Å². The summed E-state index contributed by atoms with van der Waals surface area (Å²) in [7, 11) is 0. The van der Waals surface area contributed by atoms with Crippen molar-refractivity contribution in [1.82, 2.24) is 4.98 Å². The highest BCUT2D eigenvalue weighted by Crippen LogP contribution is 2.24. The van der Waals surface area contributed by atoms with E-state index in [1.54, 1.807) is 12.1 Å². The highest BCUT2D eigenvalue weighted by Gasteiger charge is 2.08. The maximum Gasteiger partial charge on any atom is 0.180 e. The molecule has 0 aliphatic heterocycles. The maximum absolute atomic E-state index is 13.1. The Labute approximate surface area is 97.9 Å². The lowest BCUT2D eigenvalue weighted by molar-refractivity contribution is 0.625. The Morgan fingerprint density at radius 3 is 2.75 bits per heavy atom. The largest absolute Gasteiger partial charge is 0.375 e. The Morgan fingerprint density at radius 2 is 2.12 bits per heavy atom. The van der Waals surface area contributed by atoms with E-state index < -0.39 is 0 Å². The summed E-state index contributed by atoms with van der Waals surface area (Å²) in [5.41, 5.74) is 8.65. The molecule has 0 aliphatic rings. The van der Waals surface area contributed by atoms with E-state index in [1.165, 1.54) is 17.4 Å². The third kappa shape index (κ3) is 2.22. The highest BCUT2D eigenvalue weighted by molar-refractivity contribution is 7.15. The summed E-state index contributed by atoms with van der Waals surface area (Å²) < 4.78 is 13.1. The SMILES string of the molecule is Cc1ccc(F)cc1Cc1sc(N)nc1C. The molecule has 2 nitrogen and oxygen atoms in total. The number of halogens is 1. The Balaban J connectivity index is 2.33. The second-order valence-electron chi connectivity index (χ2n) is 3.81. The molecule has 1 heterocycles. The van der Waals surface area contributed by atoms with Crippen LogP contribution in [0.15, 0.2) is 18.2 Å². The molecular weight excluding hydrogens is 223 g/mol. The van der Waals surface area contributed by atoms with Gasteiger partial charge in [0, 0.05) is 11.3 Å². The summed E-state index contributed by atoms with van der Waals surface area (Å²) in [6.45, 7) is 3.91. The Hall–Kier alpha value is -1.42. The first-order valence-corrected chi connectivity index (χ1v) is 5.84. The van der Waals surface area contributed by atoms with Crippen LogP contribution in [0.4, 0.5) is 9.52 Å². The number of benzene rings is 1. The second kappa shape index (κ2) is 4.22. The van der Waals surface area contributed by atoms with Gasteiger partial charge in [-0.1, -0.05) is 6.07 Å². The van der Waals surface area contributed by atoms with Crippen LogP contribution >= 0.6 is 11.3 Å². The van der Waals surface area contributed by atoms with Crippen molar-refractivity contribution in [1.29, 1.82) is 0 Å². The Bertz CT molecular complexity index is 520. The molecule has 84 valence electrons. The van der Waals surface area contributed by atoms with Crippen molar-refractivity contribution < 1.29 is 4.39 Å². The molecule has 0 spiro atoms. The number of aryl methyl sites for hydroxylation is 2. The first-order chi connectivity index (χ1) is 7.56. The summed E-state index contributed by atoms with van der Waals surface area (Å²) in [5.74, 6) is -0.198. The van der Waals surface area contributed by atoms with E-state index >= 15 is 0 Å². The zero-order chi connectivity index (χ0) is 11.7. The van der Waals surface area contributed by atoms with Gasteiger partial charge in [-0.25, -0.2) is 9.37 Å². The molecule has 0 amide bonds. The van der Waals surface area contributed by atoms with E-state index in [9.17, 15) is 4.39 Å². The number of nitrogens with two attached hydrogens (primary N) is 1. The fraction of sp³-hybridized carbons (Fsp3) is 0.250. The quantitative estimate of drug-likeness (QED) is 0.870. The molecule has 4 heteroatoms.